The van der Waals surface area contributed by atoms with Gasteiger partial charge in [-0.15, -0.1) is 0 Å². The van der Waals surface area contributed by atoms with Crippen LogP contribution in [0.5, 0.6) is 11.5 Å². The van der Waals surface area contributed by atoms with E-state index in [4.69, 9.17) is 27.9 Å². The van der Waals surface area contributed by atoms with Crippen molar-refractivity contribution in [3.8, 4) is 11.5 Å². The van der Waals surface area contributed by atoms with E-state index in [-0.39, 0.29) is 16.6 Å². The van der Waals surface area contributed by atoms with Crippen molar-refractivity contribution in [3.05, 3.63) is 124 Å². The lowest BCUT2D eigenvalue weighted by molar-refractivity contribution is -0.120. The van der Waals surface area contributed by atoms with Gasteiger partial charge in [-0.05, 0) is 85.3 Å². The average Bonchev–Trinajstić information content (AvgIpc) is 3.15. The van der Waals surface area contributed by atoms with E-state index in [1.54, 1.807) is 73.7 Å². The summed E-state index contributed by atoms with van der Waals surface area (Å²) in [6.45, 7) is 1.72. The molecule has 3 amide bonds. The van der Waals surface area contributed by atoms with Crippen LogP contribution in [0.2, 0.25) is 5.02 Å². The molecule has 39 heavy (non-hydrogen) atoms. The summed E-state index contributed by atoms with van der Waals surface area (Å²) >= 11 is 12.4. The van der Waals surface area contributed by atoms with E-state index >= 15 is 0 Å². The summed E-state index contributed by atoms with van der Waals surface area (Å²) < 4.78 is 5.77. The highest BCUT2D eigenvalue weighted by atomic mass is 35.5. The van der Waals surface area contributed by atoms with E-state index < -0.39 is 11.8 Å². The molecule has 4 aromatic carbocycles. The summed E-state index contributed by atoms with van der Waals surface area (Å²) in [6.07, 6.45) is 0. The van der Waals surface area contributed by atoms with Crippen LogP contribution in [0.25, 0.3) is 0 Å². The summed E-state index contributed by atoms with van der Waals surface area (Å²) in [7, 11) is 0. The van der Waals surface area contributed by atoms with Crippen LogP contribution in [0.1, 0.15) is 15.9 Å². The molecule has 1 heterocycles. The number of rotatable bonds is 7. The van der Waals surface area contributed by atoms with Crippen LogP contribution >= 0.6 is 23.2 Å². The number of benzene rings is 4. The fourth-order valence-electron chi connectivity index (χ4n) is 3.95. The molecule has 7 nitrogen and oxygen atoms in total. The second kappa shape index (κ2) is 11.0. The molecule has 1 aliphatic heterocycles. The first kappa shape index (κ1) is 26.0. The van der Waals surface area contributed by atoms with Gasteiger partial charge in [0.1, 0.15) is 22.2 Å². The summed E-state index contributed by atoms with van der Waals surface area (Å²) in [4.78, 5) is 39.6. The fourth-order valence-corrected chi connectivity index (χ4v) is 4.33. The topological polar surface area (TPSA) is 87.7 Å². The highest BCUT2D eigenvalue weighted by Crippen LogP contribution is 2.34. The van der Waals surface area contributed by atoms with Crippen LogP contribution in [-0.4, -0.2) is 17.7 Å². The molecule has 0 unspecified atom stereocenters. The average molecular weight is 558 g/mol. The molecular weight excluding hydrogens is 537 g/mol. The minimum atomic E-state index is -0.647. The van der Waals surface area contributed by atoms with Crippen LogP contribution in [0.3, 0.4) is 0 Å². The molecule has 4 aromatic rings. The maximum Gasteiger partial charge on any atom is 0.283 e. The Balaban J connectivity index is 1.23. The lowest BCUT2D eigenvalue weighted by Gasteiger charge is -2.18. The Morgan fingerprint density at radius 1 is 0.744 bits per heavy atom. The Kier molecular flexibility index (Phi) is 7.36. The summed E-state index contributed by atoms with van der Waals surface area (Å²) in [5, 5.41) is 5.93. The molecule has 0 bridgehead atoms. The first-order valence-corrected chi connectivity index (χ1v) is 12.6. The molecule has 0 fully saturated rings. The monoisotopic (exact) mass is 557 g/mol. The Labute approximate surface area is 234 Å². The quantitative estimate of drug-likeness (QED) is 0.236. The van der Waals surface area contributed by atoms with Gasteiger partial charge in [0.25, 0.3) is 17.7 Å². The van der Waals surface area contributed by atoms with Gasteiger partial charge in [-0.3, -0.25) is 14.4 Å². The molecule has 2 N–H and O–H groups in total. The molecule has 1 aliphatic rings. The van der Waals surface area contributed by atoms with Crippen molar-refractivity contribution < 1.29 is 19.1 Å². The Morgan fingerprint density at radius 2 is 1.38 bits per heavy atom. The molecule has 9 heteroatoms. The smallest absolute Gasteiger partial charge is 0.283 e. The first-order valence-electron chi connectivity index (χ1n) is 11.9. The van der Waals surface area contributed by atoms with Crippen LogP contribution in [0.4, 0.5) is 17.1 Å². The van der Waals surface area contributed by atoms with Crippen LogP contribution in [-0.2, 0) is 9.59 Å². The maximum atomic E-state index is 13.1. The molecule has 0 saturated heterocycles. The third kappa shape index (κ3) is 5.50. The molecule has 5 rings (SSSR count). The standard InChI is InChI=1S/C30H21Cl2N3O4/c1-18-24(31)8-5-9-25(18)35-29(37)26(32)27(30(35)38)33-20-12-10-19(11-13-20)28(36)34-21-14-16-23(17-15-21)39-22-6-3-2-4-7-22/h2-17,33H,1H3,(H,34,36). The molecule has 0 radical (unpaired) electrons. The zero-order chi connectivity index (χ0) is 27.5. The van der Waals surface area contributed by atoms with Crippen LogP contribution in [0, 0.1) is 6.92 Å². The number of amides is 3. The summed E-state index contributed by atoms with van der Waals surface area (Å²) in [6, 6.07) is 27.8. The van der Waals surface area contributed by atoms with Crippen molar-refractivity contribution in [1.29, 1.82) is 0 Å². The Hall–Kier alpha value is -4.59. The molecule has 0 spiro atoms. The van der Waals surface area contributed by atoms with Crippen molar-refractivity contribution in [2.45, 2.75) is 6.92 Å². The van der Waals surface area contributed by atoms with Crippen molar-refractivity contribution in [3.63, 3.8) is 0 Å². The van der Waals surface area contributed by atoms with Gasteiger partial charge in [0.05, 0.1) is 5.69 Å². The van der Waals surface area contributed by atoms with Gasteiger partial charge in [-0.2, -0.15) is 0 Å². The van der Waals surface area contributed by atoms with Crippen LogP contribution < -0.4 is 20.3 Å². The van der Waals surface area contributed by atoms with Gasteiger partial charge in [-0.1, -0.05) is 47.5 Å². The second-order valence-corrected chi connectivity index (χ2v) is 9.40. The molecule has 0 aliphatic carbocycles. The van der Waals surface area contributed by atoms with E-state index in [0.717, 1.165) is 10.6 Å². The van der Waals surface area contributed by atoms with Gasteiger partial charge < -0.3 is 15.4 Å². The number of hydrogen-bond donors (Lipinski definition) is 2. The van der Waals surface area contributed by atoms with Gasteiger partial charge in [0.2, 0.25) is 0 Å². The fraction of sp³-hybridized carbons (Fsp3) is 0.0333. The number of halogens is 2. The third-order valence-electron chi connectivity index (χ3n) is 6.01. The summed E-state index contributed by atoms with van der Waals surface area (Å²) in [5.74, 6) is -0.199. The SMILES string of the molecule is Cc1c(Cl)cccc1N1C(=O)C(Cl)=C(Nc2ccc(C(=O)Nc3ccc(Oc4ccccc4)cc3)cc2)C1=O. The number of anilines is 3. The van der Waals surface area contributed by atoms with Gasteiger partial charge >= 0.3 is 0 Å². The largest absolute Gasteiger partial charge is 0.457 e. The predicted octanol–water partition coefficient (Wildman–Crippen LogP) is 7.13. The molecule has 194 valence electrons. The molecule has 0 atom stereocenters. The number of nitrogens with zero attached hydrogens (tertiary/aromatic N) is 1. The normalized spacial score (nSPS) is 13.1. The molecule has 0 saturated carbocycles. The number of hydrogen-bond acceptors (Lipinski definition) is 5. The number of nitrogens with one attached hydrogen (secondary N) is 2. The number of carbonyl (C=O) groups excluding carboxylic acids is 3. The highest BCUT2D eigenvalue weighted by molar-refractivity contribution is 6.53. The Morgan fingerprint density at radius 3 is 2.08 bits per heavy atom. The number of ether oxygens (including phenoxy) is 1. The number of carbonyl (C=O) groups is 3. The van der Waals surface area contributed by atoms with E-state index in [0.29, 0.717) is 39.0 Å². The number of imide groups is 1. The van der Waals surface area contributed by atoms with Gasteiger partial charge in [0.15, 0.2) is 0 Å². The highest BCUT2D eigenvalue weighted by Gasteiger charge is 2.39. The summed E-state index contributed by atoms with van der Waals surface area (Å²) in [5.41, 5.74) is 2.37. The van der Waals surface area contributed by atoms with E-state index in [1.165, 1.54) is 0 Å². The zero-order valence-electron chi connectivity index (χ0n) is 20.6. The lowest BCUT2D eigenvalue weighted by atomic mass is 10.1. The maximum absolute atomic E-state index is 13.1. The minimum Gasteiger partial charge on any atom is -0.457 e. The molecule has 0 aromatic heterocycles. The Bertz CT molecular complexity index is 1600. The second-order valence-electron chi connectivity index (χ2n) is 8.61. The van der Waals surface area contributed by atoms with E-state index in [9.17, 15) is 14.4 Å². The van der Waals surface area contributed by atoms with Crippen LogP contribution in [0.15, 0.2) is 108 Å². The van der Waals surface area contributed by atoms with E-state index in [1.807, 2.05) is 30.3 Å². The predicted molar refractivity (Wildman–Crippen MR) is 153 cm³/mol. The lowest BCUT2D eigenvalue weighted by Crippen LogP contribution is -2.32. The first-order chi connectivity index (χ1) is 18.8. The van der Waals surface area contributed by atoms with Crippen molar-refractivity contribution in [2.24, 2.45) is 0 Å². The number of para-hydroxylation sites is 1. The van der Waals surface area contributed by atoms with Crippen molar-refractivity contribution >= 4 is 58.0 Å². The van der Waals surface area contributed by atoms with Crippen molar-refractivity contribution in [2.75, 3.05) is 15.5 Å². The minimum absolute atomic E-state index is 0.0592. The third-order valence-corrected chi connectivity index (χ3v) is 6.77. The molecular formula is C30H21Cl2N3O4. The zero-order valence-corrected chi connectivity index (χ0v) is 22.1. The van der Waals surface area contributed by atoms with Crippen molar-refractivity contribution in [1.82, 2.24) is 0 Å². The van der Waals surface area contributed by atoms with E-state index in [2.05, 4.69) is 10.6 Å². The van der Waals surface area contributed by atoms with Gasteiger partial charge in [-0.25, -0.2) is 4.90 Å². The van der Waals surface area contributed by atoms with Gasteiger partial charge in [0, 0.05) is 22.0 Å².